The minimum Gasteiger partial charge on any atom is -0.264 e. The van der Waals surface area contributed by atoms with Gasteiger partial charge in [-0.2, -0.15) is 0 Å². The van der Waals surface area contributed by atoms with Crippen LogP contribution in [0.5, 0.6) is 0 Å². The zero-order valence-electron chi connectivity index (χ0n) is 26.2. The summed E-state index contributed by atoms with van der Waals surface area (Å²) in [5, 5.41) is 7.64. The molecule has 3 aromatic heterocycles. The Kier molecular flexibility index (Phi) is 6.48. The second-order valence-corrected chi connectivity index (χ2v) is 13.4. The lowest BCUT2D eigenvalue weighted by molar-refractivity contribution is 1.29. The van der Waals surface area contributed by atoms with E-state index < -0.39 is 0 Å². The average Bonchev–Trinajstić information content (AvgIpc) is 3.47. The van der Waals surface area contributed by atoms with Gasteiger partial charge in [-0.05, 0) is 122 Å². The minimum absolute atomic E-state index is 1.16. The van der Waals surface area contributed by atoms with Gasteiger partial charge in [-0.25, -0.2) is 0 Å². The van der Waals surface area contributed by atoms with Crippen LogP contribution >= 0.6 is 11.3 Å². The molecule has 0 aliphatic heterocycles. The molecule has 0 amide bonds. The zero-order valence-corrected chi connectivity index (χ0v) is 27.0. The number of hydrogen-bond acceptors (Lipinski definition) is 3. The minimum atomic E-state index is 1.16. The number of benzene rings is 6. The fourth-order valence-electron chi connectivity index (χ4n) is 7.23. The molecule has 0 saturated heterocycles. The molecular weight excluding hydrogens is 589 g/mol. The Labute approximate surface area is 277 Å². The van der Waals surface area contributed by atoms with E-state index in [1.54, 1.807) is 0 Å². The number of nitrogens with zero attached hydrogens (tertiary/aromatic N) is 2. The van der Waals surface area contributed by atoms with Crippen molar-refractivity contribution in [1.82, 2.24) is 9.97 Å². The van der Waals surface area contributed by atoms with Crippen molar-refractivity contribution < 1.29 is 0 Å². The summed E-state index contributed by atoms with van der Waals surface area (Å²) in [6, 6.07) is 44.7. The van der Waals surface area contributed by atoms with E-state index >= 15 is 0 Å². The number of hydrogen-bond donors (Lipinski definition) is 0. The largest absolute Gasteiger partial charge is 0.264 e. The predicted octanol–water partition coefficient (Wildman–Crippen LogP) is 12.4. The molecule has 222 valence electrons. The molecule has 2 nitrogen and oxygen atoms in total. The van der Waals surface area contributed by atoms with Gasteiger partial charge < -0.3 is 0 Å². The summed E-state index contributed by atoms with van der Waals surface area (Å²) < 4.78 is 2.62. The Morgan fingerprint density at radius 3 is 1.49 bits per heavy atom. The fraction of sp³-hybridized carbons (Fsp3) is 0.0455. The van der Waals surface area contributed by atoms with E-state index in [9.17, 15) is 0 Å². The van der Waals surface area contributed by atoms with Crippen LogP contribution in [0.2, 0.25) is 0 Å². The van der Waals surface area contributed by atoms with E-state index in [1.165, 1.54) is 86.2 Å². The second-order valence-electron chi connectivity index (χ2n) is 12.3. The van der Waals surface area contributed by atoms with Crippen molar-refractivity contribution in [2.24, 2.45) is 0 Å². The molecule has 47 heavy (non-hydrogen) atoms. The smallest absolute Gasteiger partial charge is 0.0362 e. The molecule has 0 radical (unpaired) electrons. The van der Waals surface area contributed by atoms with Gasteiger partial charge in [0.2, 0.25) is 0 Å². The van der Waals surface area contributed by atoms with Crippen LogP contribution in [-0.4, -0.2) is 9.97 Å². The highest BCUT2D eigenvalue weighted by Crippen LogP contribution is 2.48. The van der Waals surface area contributed by atoms with Crippen LogP contribution in [0.1, 0.15) is 11.1 Å². The molecule has 0 spiro atoms. The van der Waals surface area contributed by atoms with Gasteiger partial charge >= 0.3 is 0 Å². The van der Waals surface area contributed by atoms with Crippen LogP contribution in [0, 0.1) is 13.8 Å². The molecule has 0 saturated carbocycles. The van der Waals surface area contributed by atoms with Gasteiger partial charge in [0, 0.05) is 56.1 Å². The quantitative estimate of drug-likeness (QED) is 0.183. The van der Waals surface area contributed by atoms with Crippen molar-refractivity contribution in [3.63, 3.8) is 0 Å². The van der Waals surface area contributed by atoms with Crippen LogP contribution in [0.15, 0.2) is 146 Å². The van der Waals surface area contributed by atoms with Gasteiger partial charge in [0.25, 0.3) is 0 Å². The first-order chi connectivity index (χ1) is 23.1. The standard InChI is InChI=1S/C44H30N2S/c1-27-17-19-45-25-39(27)29-9-7-11-31(21-29)43-34-14-3-4-15-35(34)44(32-12-8-10-30(22-32)40-26-46-20-18-28(40)2)38-24-42-36(23-37(38)43)33-13-5-6-16-41(33)47-42/h3-26H,1-2H3. The summed E-state index contributed by atoms with van der Waals surface area (Å²) in [5.74, 6) is 0. The zero-order chi connectivity index (χ0) is 31.5. The highest BCUT2D eigenvalue weighted by atomic mass is 32.1. The third-order valence-electron chi connectivity index (χ3n) is 9.52. The van der Waals surface area contributed by atoms with Crippen molar-refractivity contribution in [1.29, 1.82) is 0 Å². The highest BCUT2D eigenvalue weighted by Gasteiger charge is 2.20. The first kappa shape index (κ1) is 27.7. The molecule has 0 aliphatic carbocycles. The Balaban J connectivity index is 1.41. The Morgan fingerprint density at radius 1 is 0.404 bits per heavy atom. The Bertz CT molecular complexity index is 2660. The van der Waals surface area contributed by atoms with Crippen molar-refractivity contribution >= 4 is 53.1 Å². The molecule has 3 heterocycles. The summed E-state index contributed by atoms with van der Waals surface area (Å²) in [7, 11) is 0. The molecule has 6 aromatic carbocycles. The van der Waals surface area contributed by atoms with Crippen LogP contribution in [0.4, 0.5) is 0 Å². The van der Waals surface area contributed by atoms with Crippen LogP contribution in [-0.2, 0) is 0 Å². The van der Waals surface area contributed by atoms with Gasteiger partial charge in [0.1, 0.15) is 0 Å². The number of aromatic nitrogens is 2. The van der Waals surface area contributed by atoms with E-state index in [1.807, 2.05) is 36.1 Å². The first-order valence-electron chi connectivity index (χ1n) is 16.0. The summed E-state index contributed by atoms with van der Waals surface area (Å²) in [6.45, 7) is 4.31. The number of rotatable bonds is 4. The van der Waals surface area contributed by atoms with Crippen molar-refractivity contribution in [2.75, 3.05) is 0 Å². The van der Waals surface area contributed by atoms with Gasteiger partial charge in [0.05, 0.1) is 0 Å². The molecule has 0 aliphatic rings. The molecule has 0 atom stereocenters. The SMILES string of the molecule is Cc1ccncc1-c1cccc(-c2c3ccccc3c(-c3cccc(-c4cnccc4C)c3)c3cc4c(cc23)sc2ccccc24)c1. The van der Waals surface area contributed by atoms with E-state index in [0.29, 0.717) is 0 Å². The topological polar surface area (TPSA) is 25.8 Å². The van der Waals surface area contributed by atoms with Gasteiger partial charge in [-0.1, -0.05) is 78.9 Å². The van der Waals surface area contributed by atoms with Gasteiger partial charge in [-0.3, -0.25) is 9.97 Å². The number of fused-ring (bicyclic) bond motifs is 5. The third-order valence-corrected chi connectivity index (χ3v) is 10.7. The molecule has 0 N–H and O–H groups in total. The van der Waals surface area contributed by atoms with Crippen LogP contribution in [0.3, 0.4) is 0 Å². The Hall–Kier alpha value is -5.64. The number of aryl methyl sites for hydroxylation is 2. The predicted molar refractivity (Wildman–Crippen MR) is 201 cm³/mol. The van der Waals surface area contributed by atoms with Crippen LogP contribution < -0.4 is 0 Å². The first-order valence-corrected chi connectivity index (χ1v) is 16.8. The maximum absolute atomic E-state index is 4.46. The van der Waals surface area contributed by atoms with Gasteiger partial charge in [0.15, 0.2) is 0 Å². The Morgan fingerprint density at radius 2 is 0.915 bits per heavy atom. The summed E-state index contributed by atoms with van der Waals surface area (Å²) in [4.78, 5) is 8.91. The third kappa shape index (κ3) is 4.54. The molecule has 9 rings (SSSR count). The highest BCUT2D eigenvalue weighted by molar-refractivity contribution is 7.25. The molecular formula is C44H30N2S. The van der Waals surface area contributed by atoms with E-state index in [0.717, 1.165) is 11.1 Å². The van der Waals surface area contributed by atoms with E-state index in [-0.39, 0.29) is 0 Å². The van der Waals surface area contributed by atoms with E-state index in [4.69, 9.17) is 0 Å². The lowest BCUT2D eigenvalue weighted by Crippen LogP contribution is -1.92. The number of thiophene rings is 1. The van der Waals surface area contributed by atoms with Crippen molar-refractivity contribution in [2.45, 2.75) is 13.8 Å². The van der Waals surface area contributed by atoms with Crippen molar-refractivity contribution in [3.8, 4) is 44.5 Å². The molecule has 3 heteroatoms. The fourth-order valence-corrected chi connectivity index (χ4v) is 8.36. The maximum atomic E-state index is 4.46. The second kappa shape index (κ2) is 11.0. The van der Waals surface area contributed by atoms with E-state index in [2.05, 4.69) is 145 Å². The monoisotopic (exact) mass is 618 g/mol. The maximum Gasteiger partial charge on any atom is 0.0362 e. The normalized spacial score (nSPS) is 11.6. The lowest BCUT2D eigenvalue weighted by Gasteiger charge is -2.19. The molecule has 0 unspecified atom stereocenters. The summed E-state index contributed by atoms with van der Waals surface area (Å²) in [5.41, 5.74) is 12.1. The summed E-state index contributed by atoms with van der Waals surface area (Å²) in [6.07, 6.45) is 7.68. The van der Waals surface area contributed by atoms with Crippen LogP contribution in [0.25, 0.3) is 86.2 Å². The van der Waals surface area contributed by atoms with Gasteiger partial charge in [-0.15, -0.1) is 11.3 Å². The number of pyridine rings is 2. The summed E-state index contributed by atoms with van der Waals surface area (Å²) >= 11 is 1.88. The molecule has 0 bridgehead atoms. The van der Waals surface area contributed by atoms with Crippen molar-refractivity contribution in [3.05, 3.63) is 157 Å². The molecule has 0 fully saturated rings. The average molecular weight is 619 g/mol. The molecule has 9 aromatic rings. The lowest BCUT2D eigenvalue weighted by atomic mass is 9.84.